The lowest BCUT2D eigenvalue weighted by molar-refractivity contribution is 0.0476. The van der Waals surface area contributed by atoms with Gasteiger partial charge in [0.05, 0.1) is 0 Å². The van der Waals surface area contributed by atoms with E-state index in [1.54, 1.807) is 19.0 Å². The summed E-state index contributed by atoms with van der Waals surface area (Å²) in [4.78, 5) is 26.7. The summed E-state index contributed by atoms with van der Waals surface area (Å²) >= 11 is 0. The number of rotatable bonds is 2. The third kappa shape index (κ3) is 5.64. The van der Waals surface area contributed by atoms with E-state index in [0.29, 0.717) is 13.1 Å². The molecule has 0 saturated carbocycles. The van der Waals surface area contributed by atoms with Crippen molar-refractivity contribution in [3.05, 3.63) is 0 Å². The first kappa shape index (κ1) is 16.6. The molecule has 0 radical (unpaired) electrons. The summed E-state index contributed by atoms with van der Waals surface area (Å²) in [5.74, 6) is 0. The topological polar surface area (TPSA) is 73.9 Å². The fraction of sp³-hybridized carbons (Fsp3) is 0.846. The van der Waals surface area contributed by atoms with Gasteiger partial charge >= 0.3 is 12.1 Å². The summed E-state index contributed by atoms with van der Waals surface area (Å²) in [6, 6.07) is 0.192. The van der Waals surface area contributed by atoms with E-state index in [2.05, 4.69) is 10.9 Å². The zero-order valence-electron chi connectivity index (χ0n) is 13.0. The van der Waals surface area contributed by atoms with Gasteiger partial charge in [-0.15, -0.1) is 0 Å². The van der Waals surface area contributed by atoms with Crippen LogP contribution >= 0.6 is 0 Å². The van der Waals surface area contributed by atoms with Crippen LogP contribution in [0.25, 0.3) is 0 Å². The standard InChI is InChI=1S/C13H26N4O3/c1-13(2,3)20-11(18)15-14-10-6-8-17(9-7-10)12(19)16(4)5/h10,14H,6-9H2,1-5H3,(H,15,18). The second kappa shape index (κ2) is 6.78. The van der Waals surface area contributed by atoms with Gasteiger partial charge in [-0.25, -0.2) is 15.0 Å². The van der Waals surface area contributed by atoms with Crippen molar-refractivity contribution in [3.8, 4) is 0 Å². The number of nitrogens with one attached hydrogen (secondary N) is 2. The average Bonchev–Trinajstić information content (AvgIpc) is 2.34. The Kier molecular flexibility index (Phi) is 5.62. The largest absolute Gasteiger partial charge is 0.443 e. The Morgan fingerprint density at radius 3 is 2.20 bits per heavy atom. The van der Waals surface area contributed by atoms with Crippen molar-refractivity contribution >= 4 is 12.1 Å². The van der Waals surface area contributed by atoms with Crippen LogP contribution in [0.4, 0.5) is 9.59 Å². The molecule has 0 bridgehead atoms. The summed E-state index contributed by atoms with van der Waals surface area (Å²) in [6.45, 7) is 6.82. The average molecular weight is 286 g/mol. The molecule has 2 N–H and O–H groups in total. The predicted molar refractivity (Wildman–Crippen MR) is 76.2 cm³/mol. The van der Waals surface area contributed by atoms with Gasteiger partial charge in [-0.2, -0.15) is 0 Å². The number of hydrogen-bond donors (Lipinski definition) is 2. The molecule has 1 rings (SSSR count). The van der Waals surface area contributed by atoms with Crippen LogP contribution in [0.5, 0.6) is 0 Å². The first-order chi connectivity index (χ1) is 9.19. The number of hydrazine groups is 1. The van der Waals surface area contributed by atoms with Gasteiger partial charge in [-0.1, -0.05) is 0 Å². The Morgan fingerprint density at radius 2 is 1.75 bits per heavy atom. The van der Waals surface area contributed by atoms with Crippen LogP contribution in [0.1, 0.15) is 33.6 Å². The molecule has 0 aromatic heterocycles. The Labute approximate surface area is 120 Å². The molecular weight excluding hydrogens is 260 g/mol. The highest BCUT2D eigenvalue weighted by molar-refractivity contribution is 5.73. The molecule has 1 aliphatic rings. The molecule has 20 heavy (non-hydrogen) atoms. The molecule has 1 heterocycles. The van der Waals surface area contributed by atoms with E-state index in [1.807, 2.05) is 25.7 Å². The first-order valence-electron chi connectivity index (χ1n) is 6.90. The number of hydrogen-bond acceptors (Lipinski definition) is 4. The minimum absolute atomic E-state index is 0.0311. The van der Waals surface area contributed by atoms with E-state index < -0.39 is 11.7 Å². The number of amides is 3. The minimum Gasteiger partial charge on any atom is -0.443 e. The van der Waals surface area contributed by atoms with Gasteiger partial charge in [0.25, 0.3) is 0 Å². The zero-order valence-corrected chi connectivity index (χ0v) is 13.0. The molecule has 3 amide bonds. The molecule has 1 fully saturated rings. The number of nitrogens with zero attached hydrogens (tertiary/aromatic N) is 2. The lowest BCUT2D eigenvalue weighted by Crippen LogP contribution is -2.52. The number of likely N-dealkylation sites (tertiary alicyclic amines) is 1. The van der Waals surface area contributed by atoms with Crippen molar-refractivity contribution in [3.63, 3.8) is 0 Å². The lowest BCUT2D eigenvalue weighted by atomic mass is 10.1. The van der Waals surface area contributed by atoms with E-state index in [9.17, 15) is 9.59 Å². The van der Waals surface area contributed by atoms with E-state index in [4.69, 9.17) is 4.74 Å². The maximum Gasteiger partial charge on any atom is 0.422 e. The fourth-order valence-electron chi connectivity index (χ4n) is 1.96. The van der Waals surface area contributed by atoms with E-state index in [0.717, 1.165) is 12.8 Å². The highest BCUT2D eigenvalue weighted by Gasteiger charge is 2.24. The lowest BCUT2D eigenvalue weighted by Gasteiger charge is -2.34. The Bertz CT molecular complexity index is 344. The summed E-state index contributed by atoms with van der Waals surface area (Å²) in [5, 5.41) is 0. The normalized spacial score (nSPS) is 16.8. The van der Waals surface area contributed by atoms with Crippen molar-refractivity contribution in [1.82, 2.24) is 20.7 Å². The molecule has 1 aliphatic heterocycles. The molecule has 0 aliphatic carbocycles. The third-order valence-corrected chi connectivity index (χ3v) is 2.93. The molecule has 0 aromatic rings. The van der Waals surface area contributed by atoms with Crippen LogP contribution in [-0.4, -0.2) is 60.8 Å². The first-order valence-corrected chi connectivity index (χ1v) is 6.90. The summed E-state index contributed by atoms with van der Waals surface area (Å²) in [5.41, 5.74) is 5.00. The number of ether oxygens (including phenoxy) is 1. The number of carbonyl (C=O) groups excluding carboxylic acids is 2. The van der Waals surface area contributed by atoms with Crippen LogP contribution < -0.4 is 10.9 Å². The maximum absolute atomic E-state index is 11.8. The molecule has 0 atom stereocenters. The SMILES string of the molecule is CN(C)C(=O)N1CCC(NNC(=O)OC(C)(C)C)CC1. The highest BCUT2D eigenvalue weighted by atomic mass is 16.6. The van der Waals surface area contributed by atoms with Gasteiger partial charge in [0.1, 0.15) is 5.60 Å². The van der Waals surface area contributed by atoms with Crippen molar-refractivity contribution < 1.29 is 14.3 Å². The fourth-order valence-corrected chi connectivity index (χ4v) is 1.96. The quantitative estimate of drug-likeness (QED) is 0.747. The zero-order chi connectivity index (χ0) is 15.3. The number of carbonyl (C=O) groups is 2. The second-order valence-electron chi connectivity index (χ2n) is 6.21. The van der Waals surface area contributed by atoms with Crippen molar-refractivity contribution in [1.29, 1.82) is 0 Å². The van der Waals surface area contributed by atoms with Gasteiger partial charge < -0.3 is 14.5 Å². The molecule has 0 aromatic carbocycles. The Morgan fingerprint density at radius 1 is 1.20 bits per heavy atom. The van der Waals surface area contributed by atoms with Crippen LogP contribution in [-0.2, 0) is 4.74 Å². The molecule has 116 valence electrons. The second-order valence-corrected chi connectivity index (χ2v) is 6.21. The molecule has 0 unspecified atom stereocenters. The van der Waals surface area contributed by atoms with E-state index in [-0.39, 0.29) is 12.1 Å². The molecule has 0 spiro atoms. The predicted octanol–water partition coefficient (Wildman–Crippen LogP) is 1.16. The number of piperidine rings is 1. The van der Waals surface area contributed by atoms with Crippen LogP contribution in [0, 0.1) is 0 Å². The highest BCUT2D eigenvalue weighted by Crippen LogP contribution is 2.11. The molecule has 7 nitrogen and oxygen atoms in total. The summed E-state index contributed by atoms with van der Waals surface area (Å²) in [7, 11) is 3.49. The van der Waals surface area contributed by atoms with Crippen LogP contribution in [0.2, 0.25) is 0 Å². The van der Waals surface area contributed by atoms with Gasteiger partial charge in [-0.3, -0.25) is 5.43 Å². The van der Waals surface area contributed by atoms with Crippen molar-refractivity contribution in [2.24, 2.45) is 0 Å². The van der Waals surface area contributed by atoms with Gasteiger partial charge in [-0.05, 0) is 33.6 Å². The minimum atomic E-state index is -0.507. The van der Waals surface area contributed by atoms with Gasteiger partial charge in [0.2, 0.25) is 0 Å². The third-order valence-electron chi connectivity index (χ3n) is 2.93. The summed E-state index contributed by atoms with van der Waals surface area (Å²) in [6.07, 6.45) is 1.12. The smallest absolute Gasteiger partial charge is 0.422 e. The summed E-state index contributed by atoms with van der Waals surface area (Å²) < 4.78 is 5.14. The van der Waals surface area contributed by atoms with Crippen molar-refractivity contribution in [2.75, 3.05) is 27.2 Å². The number of urea groups is 1. The van der Waals surface area contributed by atoms with Crippen molar-refractivity contribution in [2.45, 2.75) is 45.3 Å². The molecule has 1 saturated heterocycles. The van der Waals surface area contributed by atoms with Crippen LogP contribution in [0.15, 0.2) is 0 Å². The van der Waals surface area contributed by atoms with E-state index in [1.165, 1.54) is 0 Å². The molecule has 7 heteroatoms. The maximum atomic E-state index is 11.8. The molecular formula is C13H26N4O3. The monoisotopic (exact) mass is 286 g/mol. The van der Waals surface area contributed by atoms with Gasteiger partial charge in [0.15, 0.2) is 0 Å². The van der Waals surface area contributed by atoms with E-state index >= 15 is 0 Å². The Balaban J connectivity index is 2.26. The Hall–Kier alpha value is -1.50. The van der Waals surface area contributed by atoms with Crippen LogP contribution in [0.3, 0.4) is 0 Å². The van der Waals surface area contributed by atoms with Gasteiger partial charge in [0, 0.05) is 33.2 Å².